The van der Waals surface area contributed by atoms with Gasteiger partial charge in [0.15, 0.2) is 0 Å². The van der Waals surface area contributed by atoms with Crippen LogP contribution in [0.2, 0.25) is 5.02 Å². The highest BCUT2D eigenvalue weighted by Gasteiger charge is 2.20. The van der Waals surface area contributed by atoms with Gasteiger partial charge in [-0.2, -0.15) is 5.10 Å². The van der Waals surface area contributed by atoms with Crippen molar-refractivity contribution in [1.29, 1.82) is 0 Å². The third-order valence-corrected chi connectivity index (χ3v) is 4.12. The van der Waals surface area contributed by atoms with E-state index in [1.165, 1.54) is 0 Å². The molecule has 0 aliphatic carbocycles. The Morgan fingerprint density at radius 2 is 2.14 bits per heavy atom. The number of benzene rings is 1. The first-order valence-electron chi connectivity index (χ1n) is 6.76. The molecule has 2 aromatic rings. The van der Waals surface area contributed by atoms with E-state index in [9.17, 15) is 0 Å². The third-order valence-electron chi connectivity index (χ3n) is 3.62. The monoisotopic (exact) mass is 308 g/mol. The van der Waals surface area contributed by atoms with Gasteiger partial charge in [0.25, 0.3) is 0 Å². The van der Waals surface area contributed by atoms with Crippen LogP contribution in [0.1, 0.15) is 28.6 Å². The lowest BCUT2D eigenvalue weighted by Crippen LogP contribution is -2.30. The highest BCUT2D eigenvalue weighted by Crippen LogP contribution is 2.30. The van der Waals surface area contributed by atoms with Gasteiger partial charge in [0, 0.05) is 19.0 Å². The molecule has 2 rings (SSSR count). The van der Waals surface area contributed by atoms with Crippen LogP contribution in [0.15, 0.2) is 18.2 Å². The quantitative estimate of drug-likeness (QED) is 0.658. The number of aryl methyl sites for hydroxylation is 3. The summed E-state index contributed by atoms with van der Waals surface area (Å²) < 4.78 is 7.26. The number of nitrogens with one attached hydrogen (secondary N) is 1. The zero-order chi connectivity index (χ0) is 15.6. The maximum Gasteiger partial charge on any atom is 0.123 e. The van der Waals surface area contributed by atoms with Gasteiger partial charge < -0.3 is 4.74 Å². The Hall–Kier alpha value is -1.56. The molecule has 1 atom stereocenters. The normalized spacial score (nSPS) is 12.5. The Bertz CT molecular complexity index is 639. The van der Waals surface area contributed by atoms with Gasteiger partial charge in [0.05, 0.1) is 29.6 Å². The third kappa shape index (κ3) is 3.20. The predicted octanol–water partition coefficient (Wildman–Crippen LogP) is 2.45. The number of nitrogens with zero attached hydrogens (tertiary/aromatic N) is 2. The summed E-state index contributed by atoms with van der Waals surface area (Å²) in [6, 6.07) is 5.96. The molecule has 1 unspecified atom stereocenters. The molecule has 0 aliphatic heterocycles. The van der Waals surface area contributed by atoms with Crippen LogP contribution in [0.3, 0.4) is 0 Å². The van der Waals surface area contributed by atoms with Crippen LogP contribution in [0.5, 0.6) is 5.75 Å². The first kappa shape index (κ1) is 15.8. The maximum atomic E-state index is 6.32. The molecule has 0 fully saturated rings. The van der Waals surface area contributed by atoms with Crippen molar-refractivity contribution in [2.75, 3.05) is 7.11 Å². The van der Waals surface area contributed by atoms with E-state index in [4.69, 9.17) is 22.2 Å². The summed E-state index contributed by atoms with van der Waals surface area (Å²) in [4.78, 5) is 0. The maximum absolute atomic E-state index is 6.32. The molecule has 1 aromatic heterocycles. The molecular weight excluding hydrogens is 288 g/mol. The average molecular weight is 309 g/mol. The zero-order valence-electron chi connectivity index (χ0n) is 12.8. The van der Waals surface area contributed by atoms with E-state index < -0.39 is 0 Å². The van der Waals surface area contributed by atoms with Crippen molar-refractivity contribution in [3.8, 4) is 5.75 Å². The molecule has 1 aromatic carbocycles. The lowest BCUT2D eigenvalue weighted by molar-refractivity contribution is 0.397. The molecule has 5 nitrogen and oxygen atoms in total. The van der Waals surface area contributed by atoms with Gasteiger partial charge >= 0.3 is 0 Å². The fraction of sp³-hybridized carbons (Fsp3) is 0.400. The number of aromatic nitrogens is 2. The number of ether oxygens (including phenoxy) is 1. The van der Waals surface area contributed by atoms with Gasteiger partial charge in [-0.25, -0.2) is 0 Å². The van der Waals surface area contributed by atoms with Crippen LogP contribution < -0.4 is 16.0 Å². The van der Waals surface area contributed by atoms with Crippen LogP contribution in [-0.2, 0) is 13.5 Å². The summed E-state index contributed by atoms with van der Waals surface area (Å²) >= 11 is 6.32. The predicted molar refractivity (Wildman–Crippen MR) is 84.5 cm³/mol. The molecule has 21 heavy (non-hydrogen) atoms. The van der Waals surface area contributed by atoms with Crippen molar-refractivity contribution in [3.05, 3.63) is 45.7 Å². The van der Waals surface area contributed by atoms with Gasteiger partial charge in [-0.05, 0) is 25.5 Å². The Morgan fingerprint density at radius 1 is 1.43 bits per heavy atom. The van der Waals surface area contributed by atoms with Crippen molar-refractivity contribution in [2.24, 2.45) is 12.9 Å². The number of nitrogens with two attached hydrogens (primary N) is 1. The Morgan fingerprint density at radius 3 is 2.67 bits per heavy atom. The molecule has 114 valence electrons. The minimum absolute atomic E-state index is 0.104. The van der Waals surface area contributed by atoms with E-state index in [2.05, 4.69) is 10.5 Å². The molecule has 0 aliphatic rings. The van der Waals surface area contributed by atoms with Crippen LogP contribution in [-0.4, -0.2) is 16.9 Å². The van der Waals surface area contributed by atoms with Crippen LogP contribution in [0.4, 0.5) is 0 Å². The Labute approximate surface area is 130 Å². The van der Waals surface area contributed by atoms with Gasteiger partial charge in [-0.15, -0.1) is 0 Å². The van der Waals surface area contributed by atoms with Gasteiger partial charge in [-0.1, -0.05) is 23.7 Å². The van der Waals surface area contributed by atoms with Crippen molar-refractivity contribution in [3.63, 3.8) is 0 Å². The van der Waals surface area contributed by atoms with Crippen molar-refractivity contribution < 1.29 is 4.74 Å². The smallest absolute Gasteiger partial charge is 0.123 e. The average Bonchev–Trinajstić information content (AvgIpc) is 2.70. The van der Waals surface area contributed by atoms with E-state index in [0.29, 0.717) is 11.4 Å². The number of hydrogen-bond donors (Lipinski definition) is 2. The van der Waals surface area contributed by atoms with Crippen LogP contribution in [0.25, 0.3) is 0 Å². The summed E-state index contributed by atoms with van der Waals surface area (Å²) in [5, 5.41) is 5.02. The van der Waals surface area contributed by atoms with Crippen molar-refractivity contribution >= 4 is 11.6 Å². The van der Waals surface area contributed by atoms with Crippen LogP contribution in [0, 0.1) is 13.8 Å². The first-order valence-corrected chi connectivity index (χ1v) is 7.14. The van der Waals surface area contributed by atoms with Gasteiger partial charge in [0.2, 0.25) is 0 Å². The lowest BCUT2D eigenvalue weighted by Gasteiger charge is -2.20. The second kappa shape index (κ2) is 6.47. The van der Waals surface area contributed by atoms with Gasteiger partial charge in [-0.3, -0.25) is 16.0 Å². The summed E-state index contributed by atoms with van der Waals surface area (Å²) in [5.41, 5.74) is 6.75. The minimum Gasteiger partial charge on any atom is -0.496 e. The SMILES string of the molecule is COc1cc(C)ccc1C(Cc1c(Cl)c(C)nn1C)NN. The number of methoxy groups -OCH3 is 1. The lowest BCUT2D eigenvalue weighted by atomic mass is 10.00. The van der Waals surface area contributed by atoms with E-state index in [1.807, 2.05) is 39.1 Å². The second-order valence-electron chi connectivity index (χ2n) is 5.14. The number of hydrazine groups is 1. The highest BCUT2D eigenvalue weighted by molar-refractivity contribution is 6.31. The number of rotatable bonds is 5. The summed E-state index contributed by atoms with van der Waals surface area (Å²) in [6.07, 6.45) is 0.631. The molecule has 0 saturated heterocycles. The highest BCUT2D eigenvalue weighted by atomic mass is 35.5. The molecule has 0 bridgehead atoms. The molecule has 3 N–H and O–H groups in total. The molecule has 0 saturated carbocycles. The zero-order valence-corrected chi connectivity index (χ0v) is 13.5. The van der Waals surface area contributed by atoms with Gasteiger partial charge in [0.1, 0.15) is 5.75 Å². The molecule has 1 heterocycles. The molecule has 0 spiro atoms. The molecule has 0 radical (unpaired) electrons. The van der Waals surface area contributed by atoms with E-state index in [-0.39, 0.29) is 6.04 Å². The minimum atomic E-state index is -0.104. The fourth-order valence-electron chi connectivity index (χ4n) is 2.46. The molecular formula is C15H21ClN4O. The van der Waals surface area contributed by atoms with Crippen LogP contribution >= 0.6 is 11.6 Å². The van der Waals surface area contributed by atoms with Crippen molar-refractivity contribution in [2.45, 2.75) is 26.3 Å². The largest absolute Gasteiger partial charge is 0.496 e. The number of hydrogen-bond acceptors (Lipinski definition) is 4. The standard InChI is InChI=1S/C15H21ClN4O/c1-9-5-6-11(14(7-9)21-4)12(18-17)8-13-15(16)10(2)19-20(13)3/h5-7,12,18H,8,17H2,1-4H3. The fourth-order valence-corrected chi connectivity index (χ4v) is 2.70. The topological polar surface area (TPSA) is 65.1 Å². The Kier molecular flexibility index (Phi) is 4.88. The summed E-state index contributed by atoms with van der Waals surface area (Å²) in [6.45, 7) is 3.92. The van der Waals surface area contributed by atoms with E-state index >= 15 is 0 Å². The number of halogens is 1. The Balaban J connectivity index is 2.36. The van der Waals surface area contributed by atoms with E-state index in [1.54, 1.807) is 11.8 Å². The van der Waals surface area contributed by atoms with E-state index in [0.717, 1.165) is 28.3 Å². The summed E-state index contributed by atoms with van der Waals surface area (Å²) in [7, 11) is 3.54. The second-order valence-corrected chi connectivity index (χ2v) is 5.52. The first-order chi connectivity index (χ1) is 9.97. The molecule has 0 amide bonds. The summed E-state index contributed by atoms with van der Waals surface area (Å²) in [5.74, 6) is 6.56. The van der Waals surface area contributed by atoms with Crippen molar-refractivity contribution in [1.82, 2.24) is 15.2 Å². The molecule has 6 heteroatoms.